The van der Waals surface area contributed by atoms with E-state index in [1.54, 1.807) is 18.3 Å². The molecule has 1 unspecified atom stereocenters. The van der Waals surface area contributed by atoms with Gasteiger partial charge in [0.1, 0.15) is 0 Å². The first kappa shape index (κ1) is 16.7. The van der Waals surface area contributed by atoms with Gasteiger partial charge in [0.05, 0.1) is 12.6 Å². The molecule has 5 nitrogen and oxygen atoms in total. The molecular formula is C14H14ClN3O2S2. The number of thiocarbonyl (C=S) groups is 1. The van der Waals surface area contributed by atoms with Crippen molar-refractivity contribution in [3.05, 3.63) is 46.4 Å². The van der Waals surface area contributed by atoms with Crippen molar-refractivity contribution in [2.45, 2.75) is 12.5 Å². The highest BCUT2D eigenvalue weighted by Crippen LogP contribution is 2.17. The molecule has 8 heteroatoms. The zero-order valence-corrected chi connectivity index (χ0v) is 14.1. The first-order valence-electron chi connectivity index (χ1n) is 6.36. The van der Waals surface area contributed by atoms with Crippen LogP contribution in [0.1, 0.15) is 5.56 Å². The summed E-state index contributed by atoms with van der Waals surface area (Å²) in [5.41, 5.74) is 5.33. The fraction of sp³-hybridized carbons (Fsp3) is 0.214. The minimum atomic E-state index is -0.604. The van der Waals surface area contributed by atoms with Crippen molar-refractivity contribution in [2.75, 3.05) is 12.5 Å². The van der Waals surface area contributed by atoms with Crippen LogP contribution in [-0.4, -0.2) is 34.6 Å². The number of esters is 1. The molecular weight excluding hydrogens is 342 g/mol. The number of anilines is 1. The van der Waals surface area contributed by atoms with Crippen LogP contribution in [0.25, 0.3) is 0 Å². The van der Waals surface area contributed by atoms with E-state index in [0.717, 1.165) is 5.56 Å². The Kier molecular flexibility index (Phi) is 6.11. The number of carbonyl (C=O) groups is 1. The van der Waals surface area contributed by atoms with Gasteiger partial charge in [0.15, 0.2) is 6.04 Å². The molecule has 22 heavy (non-hydrogen) atoms. The predicted octanol–water partition coefficient (Wildman–Crippen LogP) is 3.17. The van der Waals surface area contributed by atoms with Crippen LogP contribution in [0.5, 0.6) is 0 Å². The van der Waals surface area contributed by atoms with E-state index in [0.29, 0.717) is 16.6 Å². The standard InChI is InChI=1S/C14H14ClN3O2S2/c1-20-13(19)12(8-10-2-4-11(15)5-3-10)18(9-21)17-14-16-6-7-22-14/h2-7,9,12H,8H2,1H3,(H,16,17). The summed E-state index contributed by atoms with van der Waals surface area (Å²) >= 11 is 12.3. The predicted molar refractivity (Wildman–Crippen MR) is 92.2 cm³/mol. The topological polar surface area (TPSA) is 54.5 Å². The van der Waals surface area contributed by atoms with Crippen molar-refractivity contribution in [2.24, 2.45) is 0 Å². The summed E-state index contributed by atoms with van der Waals surface area (Å²) in [6, 6.07) is 6.68. The molecule has 0 spiro atoms. The van der Waals surface area contributed by atoms with E-state index in [-0.39, 0.29) is 5.97 Å². The van der Waals surface area contributed by atoms with E-state index in [1.165, 1.54) is 28.9 Å². The van der Waals surface area contributed by atoms with E-state index in [2.05, 4.69) is 10.4 Å². The number of halogens is 1. The van der Waals surface area contributed by atoms with E-state index in [4.69, 9.17) is 28.6 Å². The monoisotopic (exact) mass is 355 g/mol. The molecule has 0 bridgehead atoms. The van der Waals surface area contributed by atoms with Crippen LogP contribution in [0.4, 0.5) is 5.13 Å². The number of hydrogen-bond donors (Lipinski definition) is 1. The number of benzene rings is 1. The lowest BCUT2D eigenvalue weighted by molar-refractivity contribution is -0.144. The second-order valence-electron chi connectivity index (χ2n) is 4.33. The third kappa shape index (κ3) is 4.40. The van der Waals surface area contributed by atoms with Gasteiger partial charge in [-0.05, 0) is 17.7 Å². The first-order valence-corrected chi connectivity index (χ1v) is 8.09. The summed E-state index contributed by atoms with van der Waals surface area (Å²) in [6.07, 6.45) is 2.09. The smallest absolute Gasteiger partial charge is 0.330 e. The quantitative estimate of drug-likeness (QED) is 0.467. The average Bonchev–Trinajstić information content (AvgIpc) is 3.04. The molecule has 0 fully saturated rings. The van der Waals surface area contributed by atoms with Gasteiger partial charge in [-0.3, -0.25) is 10.4 Å². The Morgan fingerprint density at radius 1 is 1.55 bits per heavy atom. The normalized spacial score (nSPS) is 11.5. The van der Waals surface area contributed by atoms with Crippen molar-refractivity contribution in [1.29, 1.82) is 0 Å². The number of ether oxygens (including phenoxy) is 1. The molecule has 1 aromatic heterocycles. The number of rotatable bonds is 7. The Balaban J connectivity index is 2.18. The second kappa shape index (κ2) is 8.07. The number of aromatic nitrogens is 1. The number of carbonyl (C=O) groups excluding carboxylic acids is 1. The second-order valence-corrected chi connectivity index (χ2v) is 5.87. The molecule has 0 saturated carbocycles. The van der Waals surface area contributed by atoms with E-state index in [9.17, 15) is 4.79 Å². The molecule has 116 valence electrons. The first-order chi connectivity index (χ1) is 10.6. The molecule has 0 aliphatic heterocycles. The molecule has 1 aromatic carbocycles. The van der Waals surface area contributed by atoms with Crippen LogP contribution in [0.2, 0.25) is 5.02 Å². The Morgan fingerprint density at radius 3 is 2.82 bits per heavy atom. The van der Waals surface area contributed by atoms with Crippen LogP contribution in [0.15, 0.2) is 35.8 Å². The Bertz CT molecular complexity index is 620. The molecule has 1 heterocycles. The van der Waals surface area contributed by atoms with Gasteiger partial charge in [-0.1, -0.05) is 36.0 Å². The molecule has 1 atom stereocenters. The molecule has 0 radical (unpaired) electrons. The zero-order chi connectivity index (χ0) is 15.9. The summed E-state index contributed by atoms with van der Waals surface area (Å²) < 4.78 is 4.88. The lowest BCUT2D eigenvalue weighted by atomic mass is 10.1. The summed E-state index contributed by atoms with van der Waals surface area (Å²) in [5, 5.41) is 4.64. The molecule has 2 rings (SSSR count). The number of hydrazine groups is 1. The van der Waals surface area contributed by atoms with Crippen LogP contribution >= 0.6 is 35.2 Å². The minimum absolute atomic E-state index is 0.389. The maximum Gasteiger partial charge on any atom is 0.330 e. The van der Waals surface area contributed by atoms with Gasteiger partial charge in [0.25, 0.3) is 0 Å². The lowest BCUT2D eigenvalue weighted by Crippen LogP contribution is -2.45. The maximum absolute atomic E-state index is 12.1. The number of nitrogens with zero attached hydrogens (tertiary/aromatic N) is 2. The minimum Gasteiger partial charge on any atom is -0.467 e. The molecule has 0 amide bonds. The third-order valence-electron chi connectivity index (χ3n) is 2.92. The molecule has 0 saturated heterocycles. The lowest BCUT2D eigenvalue weighted by Gasteiger charge is -2.27. The highest BCUT2D eigenvalue weighted by atomic mass is 35.5. The SMILES string of the molecule is COC(=O)C(Cc1ccc(Cl)cc1)N(C=S)Nc1nccs1. The average molecular weight is 356 g/mol. The largest absolute Gasteiger partial charge is 0.467 e. The summed E-state index contributed by atoms with van der Waals surface area (Å²) in [6.45, 7) is 0. The van der Waals surface area contributed by atoms with Crippen molar-refractivity contribution in [3.8, 4) is 0 Å². The van der Waals surface area contributed by atoms with Crippen molar-refractivity contribution >= 4 is 51.7 Å². The van der Waals surface area contributed by atoms with Crippen LogP contribution in [-0.2, 0) is 16.0 Å². The van der Waals surface area contributed by atoms with Gasteiger partial charge in [-0.15, -0.1) is 11.3 Å². The van der Waals surface area contributed by atoms with Gasteiger partial charge >= 0.3 is 5.97 Å². The van der Waals surface area contributed by atoms with Crippen LogP contribution < -0.4 is 5.43 Å². The highest BCUT2D eigenvalue weighted by Gasteiger charge is 2.26. The fourth-order valence-electron chi connectivity index (χ4n) is 1.84. The third-order valence-corrected chi connectivity index (χ3v) is 4.08. The maximum atomic E-state index is 12.1. The van der Waals surface area contributed by atoms with E-state index >= 15 is 0 Å². The van der Waals surface area contributed by atoms with E-state index < -0.39 is 6.04 Å². The van der Waals surface area contributed by atoms with Crippen molar-refractivity contribution in [1.82, 2.24) is 9.99 Å². The van der Waals surface area contributed by atoms with Gasteiger partial charge in [-0.2, -0.15) is 0 Å². The Morgan fingerprint density at radius 2 is 2.27 bits per heavy atom. The van der Waals surface area contributed by atoms with E-state index in [1.807, 2.05) is 17.5 Å². The molecule has 1 N–H and O–H groups in total. The van der Waals surface area contributed by atoms with Crippen LogP contribution in [0, 0.1) is 0 Å². The number of thiazole rings is 1. The highest BCUT2D eigenvalue weighted by molar-refractivity contribution is 7.78. The summed E-state index contributed by atoms with van der Waals surface area (Å²) in [5.74, 6) is -0.389. The number of methoxy groups -OCH3 is 1. The van der Waals surface area contributed by atoms with Gasteiger partial charge in [0.2, 0.25) is 5.13 Å². The van der Waals surface area contributed by atoms with Crippen molar-refractivity contribution < 1.29 is 9.53 Å². The fourth-order valence-corrected chi connectivity index (χ4v) is 2.70. The van der Waals surface area contributed by atoms with Gasteiger partial charge in [-0.25, -0.2) is 9.78 Å². The van der Waals surface area contributed by atoms with Gasteiger partial charge in [0, 0.05) is 23.0 Å². The zero-order valence-electron chi connectivity index (χ0n) is 11.7. The summed E-state index contributed by atoms with van der Waals surface area (Å²) in [4.78, 5) is 16.2. The number of hydrogen-bond acceptors (Lipinski definition) is 6. The Hall–Kier alpha value is -1.70. The van der Waals surface area contributed by atoms with Gasteiger partial charge < -0.3 is 4.74 Å². The van der Waals surface area contributed by atoms with Crippen LogP contribution in [0.3, 0.4) is 0 Å². The van der Waals surface area contributed by atoms with Crippen molar-refractivity contribution in [3.63, 3.8) is 0 Å². The molecule has 0 aliphatic rings. The summed E-state index contributed by atoms with van der Waals surface area (Å²) in [7, 11) is 1.35. The molecule has 0 aliphatic carbocycles. The Labute approximate surface area is 142 Å². The number of nitrogens with one attached hydrogen (secondary N) is 1. The molecule has 2 aromatic rings.